The smallest absolute Gasteiger partial charge is 0.182 e. The van der Waals surface area contributed by atoms with Gasteiger partial charge in [-0.25, -0.2) is 4.98 Å². The summed E-state index contributed by atoms with van der Waals surface area (Å²) in [5, 5.41) is 0. The third-order valence-electron chi connectivity index (χ3n) is 1.39. The molecule has 0 aliphatic rings. The number of nitrogen functional groups attached to an aromatic ring is 1. The highest BCUT2D eigenvalue weighted by molar-refractivity contribution is 5.85. The zero-order valence-corrected chi connectivity index (χ0v) is 6.47. The minimum absolute atomic E-state index is 0. The zero-order chi connectivity index (χ0) is 6.97. The Kier molecular flexibility index (Phi) is 2.01. The highest BCUT2D eigenvalue weighted by atomic mass is 35.5. The lowest BCUT2D eigenvalue weighted by atomic mass is 10.3. The molecule has 0 saturated heterocycles. The van der Waals surface area contributed by atoms with E-state index in [0.717, 1.165) is 11.1 Å². The van der Waals surface area contributed by atoms with E-state index < -0.39 is 0 Å². The maximum atomic E-state index is 5.58. The second-order valence-electron chi connectivity index (χ2n) is 2.05. The van der Waals surface area contributed by atoms with E-state index >= 15 is 0 Å². The normalized spacial score (nSPS) is 9.45. The van der Waals surface area contributed by atoms with Crippen LogP contribution in [0, 0.1) is 0 Å². The summed E-state index contributed by atoms with van der Waals surface area (Å²) in [4.78, 5) is 3.93. The third kappa shape index (κ3) is 1.14. The fourth-order valence-corrected chi connectivity index (χ4v) is 0.908. The topological polar surface area (TPSA) is 52.0 Å². The van der Waals surface area contributed by atoms with E-state index in [9.17, 15) is 0 Å². The Balaban J connectivity index is 0.000000605. The van der Waals surface area contributed by atoms with Crippen LogP contribution in [0.15, 0.2) is 29.0 Å². The number of fused-ring (bicyclic) bond motifs is 1. The minimum Gasteiger partial charge on any atom is -0.443 e. The van der Waals surface area contributed by atoms with Gasteiger partial charge in [-0.1, -0.05) is 6.07 Å². The summed E-state index contributed by atoms with van der Waals surface area (Å²) in [6.45, 7) is 0. The SMILES string of the molecule is Cl.Nc1cccc2ocnc12. The van der Waals surface area contributed by atoms with Gasteiger partial charge in [0, 0.05) is 0 Å². The molecule has 1 aromatic carbocycles. The van der Waals surface area contributed by atoms with Gasteiger partial charge in [-0.15, -0.1) is 12.4 Å². The van der Waals surface area contributed by atoms with Crippen molar-refractivity contribution in [1.29, 1.82) is 0 Å². The molecule has 0 amide bonds. The van der Waals surface area contributed by atoms with Gasteiger partial charge in [0.25, 0.3) is 0 Å². The van der Waals surface area contributed by atoms with Crippen LogP contribution >= 0.6 is 12.4 Å². The van der Waals surface area contributed by atoms with E-state index in [1.807, 2.05) is 12.1 Å². The molecule has 2 N–H and O–H groups in total. The van der Waals surface area contributed by atoms with Crippen LogP contribution in [0.3, 0.4) is 0 Å². The Labute approximate surface area is 69.6 Å². The number of benzene rings is 1. The fraction of sp³-hybridized carbons (Fsp3) is 0. The molecular formula is C7H7ClN2O. The van der Waals surface area contributed by atoms with Crippen LogP contribution in [-0.2, 0) is 0 Å². The van der Waals surface area contributed by atoms with Crippen molar-refractivity contribution in [3.8, 4) is 0 Å². The predicted molar refractivity (Wildman–Crippen MR) is 45.7 cm³/mol. The Morgan fingerprint density at radius 3 is 2.91 bits per heavy atom. The molecule has 1 heterocycles. The van der Waals surface area contributed by atoms with Crippen LogP contribution in [-0.4, -0.2) is 4.98 Å². The maximum absolute atomic E-state index is 5.58. The summed E-state index contributed by atoms with van der Waals surface area (Å²) in [5.74, 6) is 0. The molecule has 0 saturated carbocycles. The van der Waals surface area contributed by atoms with E-state index in [2.05, 4.69) is 4.98 Å². The maximum Gasteiger partial charge on any atom is 0.182 e. The van der Waals surface area contributed by atoms with Gasteiger partial charge in [-0.05, 0) is 12.1 Å². The van der Waals surface area contributed by atoms with Gasteiger partial charge in [0.15, 0.2) is 12.0 Å². The number of hydrogen-bond acceptors (Lipinski definition) is 3. The van der Waals surface area contributed by atoms with E-state index in [-0.39, 0.29) is 12.4 Å². The molecular weight excluding hydrogens is 164 g/mol. The highest BCUT2D eigenvalue weighted by Crippen LogP contribution is 2.17. The molecule has 0 spiro atoms. The predicted octanol–water partition coefficient (Wildman–Crippen LogP) is 1.83. The summed E-state index contributed by atoms with van der Waals surface area (Å²) < 4.78 is 5.01. The van der Waals surface area contributed by atoms with Crippen molar-refractivity contribution in [1.82, 2.24) is 4.98 Å². The van der Waals surface area contributed by atoms with Crippen molar-refractivity contribution in [2.45, 2.75) is 0 Å². The average molecular weight is 171 g/mol. The molecule has 0 fully saturated rings. The summed E-state index contributed by atoms with van der Waals surface area (Å²) in [5.41, 5.74) is 7.71. The summed E-state index contributed by atoms with van der Waals surface area (Å²) in [7, 11) is 0. The molecule has 4 heteroatoms. The molecule has 0 bridgehead atoms. The van der Waals surface area contributed by atoms with Gasteiger partial charge < -0.3 is 10.2 Å². The van der Waals surface area contributed by atoms with Crippen LogP contribution in [0.4, 0.5) is 5.69 Å². The number of nitrogens with zero attached hydrogens (tertiary/aromatic N) is 1. The molecule has 2 aromatic rings. The molecule has 1 aromatic heterocycles. The van der Waals surface area contributed by atoms with Gasteiger partial charge in [-0.2, -0.15) is 0 Å². The minimum atomic E-state index is 0. The number of nitrogens with two attached hydrogens (primary N) is 1. The van der Waals surface area contributed by atoms with Crippen LogP contribution in [0.1, 0.15) is 0 Å². The largest absolute Gasteiger partial charge is 0.443 e. The van der Waals surface area contributed by atoms with Gasteiger partial charge in [0.05, 0.1) is 5.69 Å². The quantitative estimate of drug-likeness (QED) is 0.614. The Morgan fingerprint density at radius 1 is 1.36 bits per heavy atom. The Morgan fingerprint density at radius 2 is 2.18 bits per heavy atom. The average Bonchev–Trinajstić information content (AvgIpc) is 2.36. The molecule has 11 heavy (non-hydrogen) atoms. The van der Waals surface area contributed by atoms with Crippen LogP contribution in [0.25, 0.3) is 11.1 Å². The van der Waals surface area contributed by atoms with Crippen LogP contribution in [0.2, 0.25) is 0 Å². The molecule has 0 aliphatic carbocycles. The first-order valence-electron chi connectivity index (χ1n) is 2.95. The molecule has 0 aliphatic heterocycles. The van der Waals surface area contributed by atoms with Crippen molar-refractivity contribution in [2.75, 3.05) is 5.73 Å². The van der Waals surface area contributed by atoms with Crippen molar-refractivity contribution in [3.05, 3.63) is 24.6 Å². The second kappa shape index (κ2) is 2.80. The molecule has 58 valence electrons. The van der Waals surface area contributed by atoms with Crippen LogP contribution < -0.4 is 5.73 Å². The van der Waals surface area contributed by atoms with Crippen molar-refractivity contribution in [2.24, 2.45) is 0 Å². The molecule has 0 radical (unpaired) electrons. The number of hydrogen-bond donors (Lipinski definition) is 1. The van der Waals surface area contributed by atoms with E-state index in [0.29, 0.717) is 5.69 Å². The molecule has 3 nitrogen and oxygen atoms in total. The molecule has 0 unspecified atom stereocenters. The number of rotatable bonds is 0. The lowest BCUT2D eigenvalue weighted by molar-refractivity contribution is 0.602. The Hall–Kier alpha value is -1.22. The standard InChI is InChI=1S/C7H6N2O.ClH/c8-5-2-1-3-6-7(5)9-4-10-6;/h1-4H,8H2;1H. The first kappa shape index (κ1) is 7.88. The van der Waals surface area contributed by atoms with Crippen molar-refractivity contribution >= 4 is 29.2 Å². The van der Waals surface area contributed by atoms with Gasteiger partial charge in [0.1, 0.15) is 5.52 Å². The van der Waals surface area contributed by atoms with Crippen molar-refractivity contribution in [3.63, 3.8) is 0 Å². The first-order chi connectivity index (χ1) is 4.88. The number of oxazole rings is 1. The number of aromatic nitrogens is 1. The summed E-state index contributed by atoms with van der Waals surface area (Å²) >= 11 is 0. The number of anilines is 1. The fourth-order valence-electron chi connectivity index (χ4n) is 0.908. The Bertz CT molecular complexity index is 358. The lowest BCUT2D eigenvalue weighted by Crippen LogP contribution is -1.84. The monoisotopic (exact) mass is 170 g/mol. The van der Waals surface area contributed by atoms with E-state index in [4.69, 9.17) is 10.2 Å². The number of halogens is 1. The summed E-state index contributed by atoms with van der Waals surface area (Å²) in [6, 6.07) is 5.46. The lowest BCUT2D eigenvalue weighted by Gasteiger charge is -1.89. The van der Waals surface area contributed by atoms with Crippen molar-refractivity contribution < 1.29 is 4.42 Å². The van der Waals surface area contributed by atoms with Gasteiger partial charge >= 0.3 is 0 Å². The van der Waals surface area contributed by atoms with E-state index in [1.165, 1.54) is 6.39 Å². The zero-order valence-electron chi connectivity index (χ0n) is 5.65. The molecule has 2 rings (SSSR count). The van der Waals surface area contributed by atoms with Gasteiger partial charge in [0.2, 0.25) is 0 Å². The molecule has 0 atom stereocenters. The summed E-state index contributed by atoms with van der Waals surface area (Å²) in [6.07, 6.45) is 1.39. The van der Waals surface area contributed by atoms with E-state index in [1.54, 1.807) is 6.07 Å². The van der Waals surface area contributed by atoms with Gasteiger partial charge in [-0.3, -0.25) is 0 Å². The third-order valence-corrected chi connectivity index (χ3v) is 1.39. The second-order valence-corrected chi connectivity index (χ2v) is 2.05. The first-order valence-corrected chi connectivity index (χ1v) is 2.95. The number of para-hydroxylation sites is 1. The van der Waals surface area contributed by atoms with Crippen LogP contribution in [0.5, 0.6) is 0 Å². The highest BCUT2D eigenvalue weighted by Gasteiger charge is 1.98.